The molecule has 0 aromatic carbocycles. The molecule has 264 valence electrons. The second-order valence-electron chi connectivity index (χ2n) is 14.6. The number of aliphatic imine (C=N–C) groups is 1. The molecule has 0 radical (unpaired) electrons. The molecule has 10 heteroatoms. The van der Waals surface area contributed by atoms with Crippen LogP contribution in [-0.4, -0.2) is 84.1 Å². The van der Waals surface area contributed by atoms with E-state index in [2.05, 4.69) is 29.5 Å². The van der Waals surface area contributed by atoms with Crippen molar-refractivity contribution in [3.63, 3.8) is 0 Å². The van der Waals surface area contributed by atoms with Crippen LogP contribution in [-0.2, 0) is 14.4 Å². The van der Waals surface area contributed by atoms with E-state index in [-0.39, 0.29) is 41.8 Å². The summed E-state index contributed by atoms with van der Waals surface area (Å²) in [5.41, 5.74) is 5.74. The van der Waals surface area contributed by atoms with E-state index >= 15 is 0 Å². The second-order valence-corrected chi connectivity index (χ2v) is 14.6. The fourth-order valence-corrected chi connectivity index (χ4v) is 6.98. The molecule has 2 saturated carbocycles. The molecule has 0 unspecified atom stereocenters. The van der Waals surface area contributed by atoms with Crippen molar-refractivity contribution in [2.45, 2.75) is 156 Å². The van der Waals surface area contributed by atoms with Gasteiger partial charge in [0.1, 0.15) is 0 Å². The molecule has 4 aliphatic rings. The lowest BCUT2D eigenvalue weighted by atomic mass is 9.84. The lowest BCUT2D eigenvalue weighted by molar-refractivity contribution is -0.136. The number of urea groups is 1. The van der Waals surface area contributed by atoms with Crippen LogP contribution in [0.15, 0.2) is 4.99 Å². The molecular weight excluding hydrogens is 580 g/mol. The van der Waals surface area contributed by atoms with E-state index in [1.165, 1.54) is 38.5 Å². The number of hydrogen-bond acceptors (Lipinski definition) is 6. The molecule has 46 heavy (non-hydrogen) atoms. The summed E-state index contributed by atoms with van der Waals surface area (Å²) in [6, 6.07) is 1.09. The third-order valence-electron chi connectivity index (χ3n) is 10.4. The molecule has 2 aliphatic carbocycles. The number of isocyanates is 1. The van der Waals surface area contributed by atoms with Crippen molar-refractivity contribution in [2.75, 3.05) is 26.2 Å². The van der Waals surface area contributed by atoms with Gasteiger partial charge in [-0.25, -0.2) is 14.6 Å². The summed E-state index contributed by atoms with van der Waals surface area (Å²) >= 11 is 0. The van der Waals surface area contributed by atoms with Crippen molar-refractivity contribution < 1.29 is 19.2 Å². The molecule has 0 atom stereocenters. The van der Waals surface area contributed by atoms with Crippen LogP contribution in [0.5, 0.6) is 0 Å². The number of amides is 4. The molecule has 4 N–H and O–H groups in total. The maximum atomic E-state index is 12.2. The summed E-state index contributed by atoms with van der Waals surface area (Å²) in [5, 5.41) is 6.22. The summed E-state index contributed by atoms with van der Waals surface area (Å²) in [7, 11) is 0. The van der Waals surface area contributed by atoms with E-state index in [0.29, 0.717) is 12.1 Å². The van der Waals surface area contributed by atoms with Gasteiger partial charge in [0, 0.05) is 56.1 Å². The second kappa shape index (κ2) is 21.4. The average Bonchev–Trinajstić information content (AvgIpc) is 3.06. The highest BCUT2D eigenvalue weighted by Gasteiger charge is 2.27. The van der Waals surface area contributed by atoms with Gasteiger partial charge < -0.3 is 26.2 Å². The van der Waals surface area contributed by atoms with Crippen molar-refractivity contribution in [1.82, 2.24) is 20.4 Å². The summed E-state index contributed by atoms with van der Waals surface area (Å²) in [5.74, 6) is 2.40. The number of hydrogen-bond donors (Lipinski definition) is 3. The first kappa shape index (κ1) is 39.7. The van der Waals surface area contributed by atoms with Crippen LogP contribution in [0.4, 0.5) is 4.79 Å². The minimum absolute atomic E-state index is 0.0291. The molecular formula is C36H66N6O4. The zero-order valence-electron chi connectivity index (χ0n) is 29.9. The third kappa shape index (κ3) is 14.5. The Morgan fingerprint density at radius 1 is 0.674 bits per heavy atom. The van der Waals surface area contributed by atoms with Crippen LogP contribution >= 0.6 is 0 Å². The minimum Gasteiger partial charge on any atom is -0.342 e. The summed E-state index contributed by atoms with van der Waals surface area (Å²) in [6.45, 7) is 15.4. The zero-order valence-corrected chi connectivity index (χ0v) is 29.9. The van der Waals surface area contributed by atoms with Crippen molar-refractivity contribution in [1.29, 1.82) is 0 Å². The lowest BCUT2D eigenvalue weighted by Crippen LogP contribution is -2.51. The van der Waals surface area contributed by atoms with Crippen molar-refractivity contribution in [3.05, 3.63) is 0 Å². The van der Waals surface area contributed by atoms with Gasteiger partial charge in [-0.15, -0.1) is 0 Å². The van der Waals surface area contributed by atoms with E-state index in [1.54, 1.807) is 6.08 Å². The summed E-state index contributed by atoms with van der Waals surface area (Å²) < 4.78 is 0. The molecule has 2 aliphatic heterocycles. The molecule has 2 saturated heterocycles. The molecule has 2 heterocycles. The molecule has 4 fully saturated rings. The molecule has 0 bridgehead atoms. The van der Waals surface area contributed by atoms with Crippen LogP contribution in [0.3, 0.4) is 0 Å². The van der Waals surface area contributed by atoms with Crippen LogP contribution in [0.1, 0.15) is 131 Å². The summed E-state index contributed by atoms with van der Waals surface area (Å²) in [4.78, 5) is 53.1. The number of piperidine rings is 2. The topological polar surface area (TPSA) is 137 Å². The fraction of sp³-hybridized carbons (Fsp3) is 0.889. The number of carbonyl (C=O) groups excluding carboxylic acids is 4. The SMILES string of the molecule is CC(C)C(=O)N1CCC(N)CC1.CCC1CCC(N=C=O)CC1.CCC1CCC(NC(=O)NC2CCN(C(=O)C(C)C)CC2)CC1. The quantitative estimate of drug-likeness (QED) is 0.238. The largest absolute Gasteiger partial charge is 0.342 e. The van der Waals surface area contributed by atoms with Crippen LogP contribution in [0, 0.1) is 23.7 Å². The Bertz CT molecular complexity index is 936. The molecule has 0 aromatic rings. The average molecular weight is 647 g/mol. The van der Waals surface area contributed by atoms with Gasteiger partial charge >= 0.3 is 6.03 Å². The Kier molecular flexibility index (Phi) is 18.5. The first-order valence-corrected chi connectivity index (χ1v) is 18.4. The standard InChI is InChI=1S/C18H33N3O2.C9H18N2O.C9H15NO/c1-4-14-5-7-15(8-6-14)19-18(23)20-16-9-11-21(12-10-16)17(22)13(2)3;1-7(2)9(12)11-5-3-8(10)4-6-11;1-2-8-3-5-9(6-4-8)10-7-11/h13-16H,4-12H2,1-3H3,(H2,19,20,23);7-8H,3-6,10H2,1-2H3;8-9H,2-6H2,1H3. The van der Waals surface area contributed by atoms with E-state index in [9.17, 15) is 19.2 Å². The maximum absolute atomic E-state index is 12.2. The molecule has 4 amide bonds. The smallest absolute Gasteiger partial charge is 0.315 e. The van der Waals surface area contributed by atoms with E-state index in [1.807, 2.05) is 37.5 Å². The molecule has 0 spiro atoms. The Hall–Kier alpha value is -2.45. The predicted molar refractivity (Wildman–Crippen MR) is 185 cm³/mol. The zero-order chi connectivity index (χ0) is 34.1. The summed E-state index contributed by atoms with van der Waals surface area (Å²) in [6.07, 6.45) is 17.1. The Labute approximate surface area is 279 Å². The van der Waals surface area contributed by atoms with Gasteiger partial charge in [0.25, 0.3) is 0 Å². The first-order chi connectivity index (χ1) is 22.0. The number of likely N-dealkylation sites (tertiary alicyclic amines) is 2. The first-order valence-electron chi connectivity index (χ1n) is 18.4. The van der Waals surface area contributed by atoms with Gasteiger partial charge in [0.2, 0.25) is 17.9 Å². The van der Waals surface area contributed by atoms with E-state index in [0.717, 1.165) is 89.4 Å². The molecule has 4 rings (SSSR count). The van der Waals surface area contributed by atoms with Gasteiger partial charge in [-0.2, -0.15) is 0 Å². The van der Waals surface area contributed by atoms with Crippen molar-refractivity contribution in [2.24, 2.45) is 34.4 Å². The van der Waals surface area contributed by atoms with Crippen LogP contribution in [0.25, 0.3) is 0 Å². The van der Waals surface area contributed by atoms with Crippen LogP contribution < -0.4 is 16.4 Å². The molecule has 10 nitrogen and oxygen atoms in total. The third-order valence-corrected chi connectivity index (χ3v) is 10.4. The number of nitrogens with one attached hydrogen (secondary N) is 2. The van der Waals surface area contributed by atoms with E-state index in [4.69, 9.17) is 5.73 Å². The van der Waals surface area contributed by atoms with Crippen molar-refractivity contribution in [3.8, 4) is 0 Å². The predicted octanol–water partition coefficient (Wildman–Crippen LogP) is 5.78. The number of carbonyl (C=O) groups is 3. The lowest BCUT2D eigenvalue weighted by Gasteiger charge is -2.34. The fourth-order valence-electron chi connectivity index (χ4n) is 6.98. The highest BCUT2D eigenvalue weighted by Crippen LogP contribution is 2.28. The molecule has 0 aromatic heterocycles. The van der Waals surface area contributed by atoms with Gasteiger partial charge in [-0.3, -0.25) is 9.59 Å². The Morgan fingerprint density at radius 3 is 1.46 bits per heavy atom. The van der Waals surface area contributed by atoms with Gasteiger partial charge in [0.05, 0.1) is 6.04 Å². The monoisotopic (exact) mass is 647 g/mol. The van der Waals surface area contributed by atoms with Gasteiger partial charge in [0.15, 0.2) is 0 Å². The number of nitrogens with two attached hydrogens (primary N) is 1. The normalized spacial score (nSPS) is 25.8. The van der Waals surface area contributed by atoms with Gasteiger partial charge in [-0.05, 0) is 88.9 Å². The van der Waals surface area contributed by atoms with E-state index < -0.39 is 0 Å². The number of rotatable bonds is 7. The number of nitrogens with zero attached hydrogens (tertiary/aromatic N) is 3. The highest BCUT2D eigenvalue weighted by molar-refractivity contribution is 5.78. The highest BCUT2D eigenvalue weighted by atomic mass is 16.2. The maximum Gasteiger partial charge on any atom is 0.315 e. The minimum atomic E-state index is -0.0291. The Balaban J connectivity index is 0.000000268. The Morgan fingerprint density at radius 2 is 1.07 bits per heavy atom. The van der Waals surface area contributed by atoms with Crippen molar-refractivity contribution >= 4 is 23.9 Å². The van der Waals surface area contributed by atoms with Gasteiger partial charge in [-0.1, -0.05) is 54.4 Å². The van der Waals surface area contributed by atoms with Crippen LogP contribution in [0.2, 0.25) is 0 Å².